The molecule has 0 radical (unpaired) electrons. The van der Waals surface area contributed by atoms with Gasteiger partial charge in [-0.15, -0.1) is 0 Å². The van der Waals surface area contributed by atoms with Crippen LogP contribution in [0.1, 0.15) is 22.3 Å². The lowest BCUT2D eigenvalue weighted by Gasteiger charge is -2.39. The molecule has 0 saturated carbocycles. The van der Waals surface area contributed by atoms with Crippen molar-refractivity contribution in [3.05, 3.63) is 186 Å². The summed E-state index contributed by atoms with van der Waals surface area (Å²) in [5.74, 6) is 1.88. The van der Waals surface area contributed by atoms with E-state index in [9.17, 15) is 0 Å². The Labute approximate surface area is 298 Å². The van der Waals surface area contributed by atoms with Crippen LogP contribution in [0.2, 0.25) is 0 Å². The van der Waals surface area contributed by atoms with Gasteiger partial charge in [0.25, 0.3) is 0 Å². The third kappa shape index (κ3) is 4.01. The molecule has 5 heteroatoms. The molecule has 0 bridgehead atoms. The van der Waals surface area contributed by atoms with Gasteiger partial charge in [0, 0.05) is 32.4 Å². The number of nitrogens with zero attached hydrogens (tertiary/aromatic N) is 3. The highest BCUT2D eigenvalue weighted by Crippen LogP contribution is 2.63. The van der Waals surface area contributed by atoms with Crippen molar-refractivity contribution in [1.82, 2.24) is 15.0 Å². The number of rotatable bonds is 3. The Morgan fingerprint density at radius 1 is 0.431 bits per heavy atom. The summed E-state index contributed by atoms with van der Waals surface area (Å²) < 4.78 is 6.94. The van der Waals surface area contributed by atoms with Crippen molar-refractivity contribution in [3.63, 3.8) is 0 Å². The van der Waals surface area contributed by atoms with Gasteiger partial charge >= 0.3 is 0 Å². The lowest BCUT2D eigenvalue weighted by molar-refractivity contribution is 0.649. The van der Waals surface area contributed by atoms with Crippen molar-refractivity contribution < 1.29 is 4.42 Å². The number of hydrogen-bond acceptors (Lipinski definition) is 5. The molecule has 51 heavy (non-hydrogen) atoms. The summed E-state index contributed by atoms with van der Waals surface area (Å²) >= 11 is 1.80. The maximum atomic E-state index is 6.94. The van der Waals surface area contributed by atoms with E-state index in [0.717, 1.165) is 43.5 Å². The Morgan fingerprint density at radius 2 is 0.980 bits per heavy atom. The zero-order chi connectivity index (χ0) is 33.5. The van der Waals surface area contributed by atoms with Crippen LogP contribution in [0, 0.1) is 0 Å². The number of aromatic nitrogens is 3. The van der Waals surface area contributed by atoms with E-state index in [2.05, 4.69) is 97.1 Å². The van der Waals surface area contributed by atoms with E-state index in [1.807, 2.05) is 66.7 Å². The van der Waals surface area contributed by atoms with E-state index in [0.29, 0.717) is 17.5 Å². The van der Waals surface area contributed by atoms with Gasteiger partial charge in [-0.25, -0.2) is 15.0 Å². The lowest BCUT2D eigenvalue weighted by Crippen LogP contribution is -2.31. The van der Waals surface area contributed by atoms with Gasteiger partial charge in [0.15, 0.2) is 17.5 Å². The highest BCUT2D eigenvalue weighted by Gasteiger charge is 2.50. The zero-order valence-corrected chi connectivity index (χ0v) is 28.1. The quantitative estimate of drug-likeness (QED) is 0.187. The first kappa shape index (κ1) is 28.5. The van der Waals surface area contributed by atoms with Crippen molar-refractivity contribution >= 4 is 33.7 Å². The molecule has 0 atom stereocenters. The highest BCUT2D eigenvalue weighted by molar-refractivity contribution is 7.99. The van der Waals surface area contributed by atoms with Crippen LogP contribution in [-0.4, -0.2) is 15.0 Å². The van der Waals surface area contributed by atoms with Crippen molar-refractivity contribution in [2.75, 3.05) is 0 Å². The van der Waals surface area contributed by atoms with Crippen LogP contribution >= 0.6 is 11.8 Å². The maximum Gasteiger partial charge on any atom is 0.164 e. The smallest absolute Gasteiger partial charge is 0.164 e. The van der Waals surface area contributed by atoms with Gasteiger partial charge in [-0.2, -0.15) is 0 Å². The molecule has 0 amide bonds. The molecule has 7 aromatic carbocycles. The predicted molar refractivity (Wildman–Crippen MR) is 205 cm³/mol. The molecule has 2 aromatic heterocycles. The van der Waals surface area contributed by atoms with E-state index in [4.69, 9.17) is 19.4 Å². The van der Waals surface area contributed by atoms with Crippen LogP contribution in [0.5, 0.6) is 0 Å². The molecule has 1 aliphatic carbocycles. The number of fused-ring (bicyclic) bond motifs is 13. The van der Waals surface area contributed by atoms with Gasteiger partial charge in [0.1, 0.15) is 11.2 Å². The number of hydrogen-bond donors (Lipinski definition) is 0. The van der Waals surface area contributed by atoms with Crippen LogP contribution in [0.15, 0.2) is 178 Å². The Morgan fingerprint density at radius 3 is 1.65 bits per heavy atom. The summed E-state index contributed by atoms with van der Waals surface area (Å²) in [6.45, 7) is 0. The minimum Gasteiger partial charge on any atom is -0.455 e. The molecule has 0 saturated heterocycles. The second-order valence-corrected chi connectivity index (χ2v) is 14.1. The van der Waals surface area contributed by atoms with Crippen molar-refractivity contribution in [3.8, 4) is 45.3 Å². The molecule has 238 valence electrons. The summed E-state index contributed by atoms with van der Waals surface area (Å²) in [6, 6.07) is 57.7. The molecular weight excluding hydrogens is 643 g/mol. The number of furan rings is 1. The highest BCUT2D eigenvalue weighted by atomic mass is 32.2. The summed E-state index contributed by atoms with van der Waals surface area (Å²) in [4.78, 5) is 17.5. The maximum absolute atomic E-state index is 6.94. The van der Waals surface area contributed by atoms with Crippen molar-refractivity contribution in [2.24, 2.45) is 0 Å². The van der Waals surface area contributed by atoms with Gasteiger partial charge in [-0.3, -0.25) is 0 Å². The second-order valence-electron chi connectivity index (χ2n) is 13.1. The number of benzene rings is 7. The van der Waals surface area contributed by atoms with Gasteiger partial charge in [-0.1, -0.05) is 163 Å². The van der Waals surface area contributed by atoms with E-state index < -0.39 is 5.41 Å². The first-order chi connectivity index (χ1) is 25.3. The molecule has 0 fully saturated rings. The fourth-order valence-corrected chi connectivity index (χ4v) is 9.59. The van der Waals surface area contributed by atoms with E-state index in [1.165, 1.54) is 38.3 Å². The molecular formula is C46H27N3OS. The Kier molecular flexibility index (Phi) is 6.07. The van der Waals surface area contributed by atoms with Crippen LogP contribution in [-0.2, 0) is 5.41 Å². The fourth-order valence-electron chi connectivity index (χ4n) is 8.31. The van der Waals surface area contributed by atoms with Gasteiger partial charge in [0.05, 0.1) is 10.3 Å². The SMILES string of the molecule is c1ccc(-c2nc(-c3ccccc3)nc(-c3cccc4oc5c6c(ccc5c34)C3(c4ccccc4S6)c4ccccc4-c4ccccc43)n2)cc1. The molecule has 9 aromatic rings. The van der Waals surface area contributed by atoms with Crippen LogP contribution < -0.4 is 0 Å². The lowest BCUT2D eigenvalue weighted by atomic mass is 9.67. The first-order valence-corrected chi connectivity index (χ1v) is 17.9. The zero-order valence-electron chi connectivity index (χ0n) is 27.2. The summed E-state index contributed by atoms with van der Waals surface area (Å²) in [7, 11) is 0. The van der Waals surface area contributed by atoms with E-state index >= 15 is 0 Å². The van der Waals surface area contributed by atoms with Crippen LogP contribution in [0.4, 0.5) is 0 Å². The van der Waals surface area contributed by atoms with Gasteiger partial charge in [0.2, 0.25) is 0 Å². The average molecular weight is 670 g/mol. The van der Waals surface area contributed by atoms with Gasteiger partial charge < -0.3 is 4.42 Å². The summed E-state index contributed by atoms with van der Waals surface area (Å²) in [5.41, 5.74) is 11.8. The molecule has 2 aliphatic rings. The van der Waals surface area contributed by atoms with Crippen LogP contribution in [0.25, 0.3) is 67.2 Å². The molecule has 1 spiro atoms. The van der Waals surface area contributed by atoms with Crippen molar-refractivity contribution in [2.45, 2.75) is 15.2 Å². The standard InChI is InChI=1S/C46H27N3OS/c1-3-14-28(15-4-1)43-47-44(29-16-5-2-6-17-29)49-45(48-43)33-20-13-24-38-40(33)32-26-27-37-42(41(32)50-38)51-39-25-12-11-23-36(39)46(37)34-21-9-7-18-30(34)31-19-8-10-22-35(31)46/h1-27H. The van der Waals surface area contributed by atoms with E-state index in [1.54, 1.807) is 11.8 Å². The molecule has 0 N–H and O–H groups in total. The van der Waals surface area contributed by atoms with Gasteiger partial charge in [-0.05, 0) is 45.5 Å². The van der Waals surface area contributed by atoms with Crippen molar-refractivity contribution in [1.29, 1.82) is 0 Å². The molecule has 4 nitrogen and oxygen atoms in total. The Balaban J connectivity index is 1.19. The first-order valence-electron chi connectivity index (χ1n) is 17.1. The Bertz CT molecular complexity index is 2740. The van der Waals surface area contributed by atoms with E-state index in [-0.39, 0.29) is 0 Å². The minimum absolute atomic E-state index is 0.469. The second kappa shape index (κ2) is 10.8. The molecule has 0 unspecified atom stereocenters. The fraction of sp³-hybridized carbons (Fsp3) is 0.0217. The third-order valence-electron chi connectivity index (χ3n) is 10.4. The topological polar surface area (TPSA) is 51.8 Å². The van der Waals surface area contributed by atoms with Crippen LogP contribution in [0.3, 0.4) is 0 Å². The third-order valence-corrected chi connectivity index (χ3v) is 11.6. The average Bonchev–Trinajstić information content (AvgIpc) is 3.73. The summed E-state index contributed by atoms with van der Waals surface area (Å²) in [6.07, 6.45) is 0. The largest absolute Gasteiger partial charge is 0.455 e. The Hall–Kier alpha value is -6.30. The molecule has 11 rings (SSSR count). The predicted octanol–water partition coefficient (Wildman–Crippen LogP) is 11.6. The molecule has 3 heterocycles. The monoisotopic (exact) mass is 669 g/mol. The normalized spacial score (nSPS) is 13.6. The summed E-state index contributed by atoms with van der Waals surface area (Å²) in [5, 5.41) is 2.05. The minimum atomic E-state index is -0.469. The molecule has 1 aliphatic heterocycles.